The van der Waals surface area contributed by atoms with E-state index < -0.39 is 18.0 Å². The van der Waals surface area contributed by atoms with Crippen LogP contribution in [-0.2, 0) is 27.2 Å². The summed E-state index contributed by atoms with van der Waals surface area (Å²) in [6, 6.07) is 16.4. The van der Waals surface area contributed by atoms with E-state index in [1.807, 2.05) is 34.4 Å². The molecule has 2 rings (SSSR count). The number of aryl methyl sites for hydroxylation is 2. The minimum atomic E-state index is -1.01. The Morgan fingerprint density at radius 1 is 0.875 bits per heavy atom. The fraction of sp³-hybridized carbons (Fsp3) is 0.562. The standard InChI is InChI=1S/C32H46INO6/c1-34(33)24-29(40-32(37)22-21-31(35)36)25-39-30-20-13-12-18-27(30)17-11-9-7-5-3-4-6-8-10-15-26-16-14-19-28(23-26)38-2/h12-14,16,18-20,23,29H,3-11,15,17,21-22,24-25H2,1-2H3,(H,35,36). The van der Waals surface area contributed by atoms with Gasteiger partial charge in [0.1, 0.15) is 24.2 Å². The molecule has 0 amide bonds. The Morgan fingerprint density at radius 3 is 2.17 bits per heavy atom. The summed E-state index contributed by atoms with van der Waals surface area (Å²) >= 11 is 2.13. The summed E-state index contributed by atoms with van der Waals surface area (Å²) in [5.74, 6) is 0.229. The lowest BCUT2D eigenvalue weighted by Gasteiger charge is -2.21. The number of nitrogens with zero attached hydrogens (tertiary/aromatic N) is 1. The number of esters is 1. The molecule has 40 heavy (non-hydrogen) atoms. The molecule has 2 aromatic rings. The van der Waals surface area contributed by atoms with Crippen molar-refractivity contribution >= 4 is 34.8 Å². The van der Waals surface area contributed by atoms with E-state index in [0.29, 0.717) is 6.54 Å². The summed E-state index contributed by atoms with van der Waals surface area (Å²) in [5, 5.41) is 8.80. The topological polar surface area (TPSA) is 85.3 Å². The van der Waals surface area contributed by atoms with Crippen LogP contribution in [0, 0.1) is 0 Å². The first-order chi connectivity index (χ1) is 19.4. The third kappa shape index (κ3) is 15.5. The van der Waals surface area contributed by atoms with E-state index in [-0.39, 0.29) is 19.4 Å². The van der Waals surface area contributed by atoms with Gasteiger partial charge in [0.2, 0.25) is 0 Å². The van der Waals surface area contributed by atoms with Gasteiger partial charge < -0.3 is 19.3 Å². The molecule has 0 spiro atoms. The highest BCUT2D eigenvalue weighted by Gasteiger charge is 2.18. The average molecular weight is 668 g/mol. The van der Waals surface area contributed by atoms with Crippen molar-refractivity contribution < 1.29 is 28.9 Å². The Bertz CT molecular complexity index is 999. The van der Waals surface area contributed by atoms with Crippen molar-refractivity contribution in [1.82, 2.24) is 3.11 Å². The van der Waals surface area contributed by atoms with E-state index >= 15 is 0 Å². The molecule has 0 aliphatic heterocycles. The second-order valence-corrected chi connectivity index (χ2v) is 11.9. The smallest absolute Gasteiger partial charge is 0.306 e. The summed E-state index contributed by atoms with van der Waals surface area (Å²) in [4.78, 5) is 22.8. The highest BCUT2D eigenvalue weighted by Crippen LogP contribution is 2.22. The van der Waals surface area contributed by atoms with Gasteiger partial charge in [0.05, 0.1) is 20.0 Å². The van der Waals surface area contributed by atoms with Gasteiger partial charge >= 0.3 is 11.9 Å². The number of ether oxygens (including phenoxy) is 3. The first-order valence-corrected chi connectivity index (χ1v) is 15.5. The van der Waals surface area contributed by atoms with Crippen LogP contribution in [-0.4, -0.2) is 53.6 Å². The third-order valence-electron chi connectivity index (χ3n) is 6.74. The molecule has 0 aliphatic carbocycles. The molecule has 222 valence electrons. The van der Waals surface area contributed by atoms with Crippen molar-refractivity contribution in [3.63, 3.8) is 0 Å². The lowest BCUT2D eigenvalue weighted by Crippen LogP contribution is -2.33. The van der Waals surface area contributed by atoms with Gasteiger partial charge in [-0.3, -0.25) is 9.59 Å². The molecular formula is C32H46INO6. The molecule has 0 saturated heterocycles. The largest absolute Gasteiger partial charge is 0.497 e. The molecule has 7 nitrogen and oxygen atoms in total. The highest BCUT2D eigenvalue weighted by molar-refractivity contribution is 14.1. The summed E-state index contributed by atoms with van der Waals surface area (Å²) in [6.07, 6.45) is 12.5. The molecule has 0 heterocycles. The Hall–Kier alpha value is -2.33. The zero-order chi connectivity index (χ0) is 29.0. The molecule has 0 radical (unpaired) electrons. The zero-order valence-electron chi connectivity index (χ0n) is 24.1. The molecule has 1 atom stereocenters. The first-order valence-electron chi connectivity index (χ1n) is 14.5. The number of unbranched alkanes of at least 4 members (excludes halogenated alkanes) is 8. The van der Waals surface area contributed by atoms with Gasteiger partial charge in [-0.05, 0) is 62.1 Å². The maximum atomic E-state index is 12.0. The number of aliphatic carboxylic acids is 1. The molecule has 0 bridgehead atoms. The maximum absolute atomic E-state index is 12.0. The van der Waals surface area contributed by atoms with Crippen molar-refractivity contribution in [1.29, 1.82) is 0 Å². The maximum Gasteiger partial charge on any atom is 0.306 e. The van der Waals surface area contributed by atoms with Crippen molar-refractivity contribution in [3.05, 3.63) is 59.7 Å². The van der Waals surface area contributed by atoms with Gasteiger partial charge in [-0.15, -0.1) is 0 Å². The summed E-state index contributed by atoms with van der Waals surface area (Å²) in [5.41, 5.74) is 2.52. The van der Waals surface area contributed by atoms with E-state index in [1.165, 1.54) is 56.9 Å². The fourth-order valence-corrected chi connectivity index (χ4v) is 5.04. The monoisotopic (exact) mass is 667 g/mol. The lowest BCUT2D eigenvalue weighted by molar-refractivity contribution is -0.153. The van der Waals surface area contributed by atoms with Crippen LogP contribution in [0.4, 0.5) is 0 Å². The molecule has 0 saturated carbocycles. The molecule has 1 N–H and O–H groups in total. The Morgan fingerprint density at radius 2 is 1.52 bits per heavy atom. The predicted molar refractivity (Wildman–Crippen MR) is 167 cm³/mol. The van der Waals surface area contributed by atoms with Crippen LogP contribution >= 0.6 is 22.9 Å². The van der Waals surface area contributed by atoms with E-state index in [0.717, 1.165) is 36.3 Å². The van der Waals surface area contributed by atoms with Crippen LogP contribution in [0.25, 0.3) is 0 Å². The van der Waals surface area contributed by atoms with E-state index in [9.17, 15) is 9.59 Å². The number of halogens is 1. The zero-order valence-corrected chi connectivity index (χ0v) is 26.3. The SMILES string of the molecule is COc1cccc(CCCCCCCCCCCc2ccccc2OCC(CN(C)I)OC(=O)CCC(=O)O)c1. The molecule has 8 heteroatoms. The summed E-state index contributed by atoms with van der Waals surface area (Å²) in [7, 11) is 3.60. The van der Waals surface area contributed by atoms with Gasteiger partial charge in [-0.1, -0.05) is 75.3 Å². The third-order valence-corrected chi connectivity index (χ3v) is 7.13. The Labute approximate surface area is 254 Å². The number of benzene rings is 2. The van der Waals surface area contributed by atoms with Gasteiger partial charge in [0.15, 0.2) is 0 Å². The highest BCUT2D eigenvalue weighted by atomic mass is 127. The number of rotatable bonds is 22. The Balaban J connectivity index is 1.60. The molecule has 0 fully saturated rings. The van der Waals surface area contributed by atoms with Crippen molar-refractivity contribution in [2.75, 3.05) is 27.3 Å². The van der Waals surface area contributed by atoms with Gasteiger partial charge in [0, 0.05) is 29.4 Å². The Kier molecular flexibility index (Phi) is 17.4. The van der Waals surface area contributed by atoms with Crippen LogP contribution < -0.4 is 9.47 Å². The van der Waals surface area contributed by atoms with Crippen LogP contribution in [0.2, 0.25) is 0 Å². The number of hydrogen-bond acceptors (Lipinski definition) is 6. The van der Waals surface area contributed by atoms with Crippen molar-refractivity contribution in [3.8, 4) is 11.5 Å². The molecular weight excluding hydrogens is 621 g/mol. The number of carbonyl (C=O) groups excluding carboxylic acids is 1. The molecule has 2 aromatic carbocycles. The minimum Gasteiger partial charge on any atom is -0.497 e. The second-order valence-electron chi connectivity index (χ2n) is 10.2. The number of carboxylic acids is 1. The van der Waals surface area contributed by atoms with Crippen LogP contribution in [0.15, 0.2) is 48.5 Å². The second kappa shape index (κ2) is 20.5. The van der Waals surface area contributed by atoms with Crippen LogP contribution in [0.5, 0.6) is 11.5 Å². The molecule has 1 unspecified atom stereocenters. The van der Waals surface area contributed by atoms with Gasteiger partial charge in [-0.25, -0.2) is 3.11 Å². The molecule has 0 aromatic heterocycles. The van der Waals surface area contributed by atoms with Crippen LogP contribution in [0.3, 0.4) is 0 Å². The number of carbonyl (C=O) groups is 2. The van der Waals surface area contributed by atoms with Crippen molar-refractivity contribution in [2.24, 2.45) is 0 Å². The number of methoxy groups -OCH3 is 1. The van der Waals surface area contributed by atoms with E-state index in [2.05, 4.69) is 47.1 Å². The number of likely N-dealkylation sites (N-methyl/N-ethyl adjacent to an activating group) is 1. The van der Waals surface area contributed by atoms with E-state index in [1.54, 1.807) is 7.11 Å². The number of para-hydroxylation sites is 1. The number of carboxylic acid groups (broad SMARTS) is 1. The van der Waals surface area contributed by atoms with E-state index in [4.69, 9.17) is 19.3 Å². The fourth-order valence-electron chi connectivity index (χ4n) is 4.60. The number of hydrogen-bond donors (Lipinski definition) is 1. The summed E-state index contributed by atoms with van der Waals surface area (Å²) in [6.45, 7) is 0.715. The average Bonchev–Trinajstić information content (AvgIpc) is 2.93. The predicted octanol–water partition coefficient (Wildman–Crippen LogP) is 7.43. The van der Waals surface area contributed by atoms with Gasteiger partial charge in [0.25, 0.3) is 0 Å². The first kappa shape index (κ1) is 33.9. The summed E-state index contributed by atoms with van der Waals surface area (Å²) < 4.78 is 18.8. The normalized spacial score (nSPS) is 11.8. The van der Waals surface area contributed by atoms with Crippen LogP contribution in [0.1, 0.15) is 81.8 Å². The lowest BCUT2D eigenvalue weighted by atomic mass is 10.0. The minimum absolute atomic E-state index is 0.141. The van der Waals surface area contributed by atoms with Gasteiger partial charge in [-0.2, -0.15) is 0 Å². The van der Waals surface area contributed by atoms with Crippen molar-refractivity contribution in [2.45, 2.75) is 89.6 Å². The molecule has 0 aliphatic rings. The quantitative estimate of drug-likeness (QED) is 0.0605.